The van der Waals surface area contributed by atoms with E-state index in [0.717, 1.165) is 18.2 Å². The lowest BCUT2D eigenvalue weighted by Crippen LogP contribution is -2.42. The zero-order valence-corrected chi connectivity index (χ0v) is 10.6. The molecule has 0 saturated heterocycles. The van der Waals surface area contributed by atoms with Crippen LogP contribution in [0.15, 0.2) is 18.2 Å². The van der Waals surface area contributed by atoms with Gasteiger partial charge in [0.25, 0.3) is 5.91 Å². The minimum Gasteiger partial charge on any atom is -0.480 e. The number of carboxylic acids is 1. The third kappa shape index (κ3) is 3.75. The number of carboxylic acid groups (broad SMARTS) is 1. The Morgan fingerprint density at radius 2 is 2.10 bits per heavy atom. The third-order valence-electron chi connectivity index (χ3n) is 2.61. The Kier molecular flexibility index (Phi) is 5.15. The van der Waals surface area contributed by atoms with Gasteiger partial charge in [-0.2, -0.15) is 5.26 Å². The second-order valence-corrected chi connectivity index (χ2v) is 4.23. The number of hydrogen-bond donors (Lipinski definition) is 2. The number of nitrogens with one attached hydrogen (secondary N) is 1. The summed E-state index contributed by atoms with van der Waals surface area (Å²) >= 11 is 0. The number of amides is 1. The zero-order chi connectivity index (χ0) is 15.3. The molecular weight excluding hydrogens is 270 g/mol. The van der Waals surface area contributed by atoms with E-state index in [0.29, 0.717) is 0 Å². The van der Waals surface area contributed by atoms with E-state index in [4.69, 9.17) is 10.4 Å². The molecule has 106 valence electrons. The number of benzene rings is 1. The smallest absolute Gasteiger partial charge is 0.326 e. The molecule has 0 unspecified atom stereocenters. The van der Waals surface area contributed by atoms with Gasteiger partial charge in [0, 0.05) is 5.92 Å². The van der Waals surface area contributed by atoms with Gasteiger partial charge in [-0.25, -0.2) is 13.6 Å². The molecule has 0 bridgehead atoms. The maximum atomic E-state index is 13.4. The fourth-order valence-electron chi connectivity index (χ4n) is 1.54. The summed E-state index contributed by atoms with van der Waals surface area (Å²) in [6.45, 7) is 1.49. The third-order valence-corrected chi connectivity index (χ3v) is 2.61. The average molecular weight is 282 g/mol. The Morgan fingerprint density at radius 1 is 1.45 bits per heavy atom. The Bertz CT molecular complexity index is 569. The number of nitriles is 1. The van der Waals surface area contributed by atoms with Gasteiger partial charge in [-0.15, -0.1) is 0 Å². The molecule has 20 heavy (non-hydrogen) atoms. The van der Waals surface area contributed by atoms with Crippen LogP contribution in [0.3, 0.4) is 0 Å². The number of hydrogen-bond acceptors (Lipinski definition) is 3. The first kappa shape index (κ1) is 15.6. The standard InChI is InChI=1S/C13H12F2N2O3/c1-7(6-16)5-10(13(19)20)17-12(18)8-3-2-4-9(14)11(8)15/h2-4,7,10H,5H2,1H3,(H,17,18)(H,19,20)/t7-,10+/m0/s1. The fraction of sp³-hybridized carbons (Fsp3) is 0.308. The normalized spacial score (nSPS) is 13.1. The highest BCUT2D eigenvalue weighted by Crippen LogP contribution is 2.12. The van der Waals surface area contributed by atoms with Crippen LogP contribution in [0.1, 0.15) is 23.7 Å². The summed E-state index contributed by atoms with van der Waals surface area (Å²) in [7, 11) is 0. The highest BCUT2D eigenvalue weighted by molar-refractivity contribution is 5.96. The predicted octanol–water partition coefficient (Wildman–Crippen LogP) is 1.70. The lowest BCUT2D eigenvalue weighted by molar-refractivity contribution is -0.139. The van der Waals surface area contributed by atoms with Crippen LogP contribution in [0.25, 0.3) is 0 Å². The van der Waals surface area contributed by atoms with Crippen LogP contribution in [0.4, 0.5) is 8.78 Å². The molecule has 0 fully saturated rings. The number of aliphatic carboxylic acids is 1. The van der Waals surface area contributed by atoms with Crippen molar-refractivity contribution in [2.45, 2.75) is 19.4 Å². The lowest BCUT2D eigenvalue weighted by Gasteiger charge is -2.15. The van der Waals surface area contributed by atoms with E-state index in [9.17, 15) is 18.4 Å². The predicted molar refractivity (Wildman–Crippen MR) is 64.6 cm³/mol. The molecule has 1 aromatic rings. The quantitative estimate of drug-likeness (QED) is 0.860. The van der Waals surface area contributed by atoms with Gasteiger partial charge in [-0.3, -0.25) is 4.79 Å². The Morgan fingerprint density at radius 3 is 2.65 bits per heavy atom. The van der Waals surface area contributed by atoms with Gasteiger partial charge in [0.2, 0.25) is 0 Å². The molecule has 0 aromatic heterocycles. The Balaban J connectivity index is 2.89. The maximum absolute atomic E-state index is 13.4. The molecule has 1 aromatic carbocycles. The molecule has 0 heterocycles. The molecule has 0 radical (unpaired) electrons. The topological polar surface area (TPSA) is 90.2 Å². The number of carbonyl (C=O) groups excluding carboxylic acids is 1. The second-order valence-electron chi connectivity index (χ2n) is 4.23. The second kappa shape index (κ2) is 6.61. The first-order valence-corrected chi connectivity index (χ1v) is 5.74. The van der Waals surface area contributed by atoms with Gasteiger partial charge in [-0.1, -0.05) is 6.07 Å². The van der Waals surface area contributed by atoms with E-state index < -0.39 is 41.0 Å². The maximum Gasteiger partial charge on any atom is 0.326 e. The first-order valence-electron chi connectivity index (χ1n) is 5.74. The van der Waals surface area contributed by atoms with Crippen LogP contribution in [0.2, 0.25) is 0 Å². The van der Waals surface area contributed by atoms with Crippen molar-refractivity contribution in [2.75, 3.05) is 0 Å². The van der Waals surface area contributed by atoms with Crippen molar-refractivity contribution in [3.8, 4) is 6.07 Å². The van der Waals surface area contributed by atoms with Crippen LogP contribution in [-0.4, -0.2) is 23.0 Å². The fourth-order valence-corrected chi connectivity index (χ4v) is 1.54. The van der Waals surface area contributed by atoms with Crippen molar-refractivity contribution in [1.29, 1.82) is 5.26 Å². The first-order chi connectivity index (χ1) is 9.36. The van der Waals surface area contributed by atoms with Crippen molar-refractivity contribution in [2.24, 2.45) is 5.92 Å². The summed E-state index contributed by atoms with van der Waals surface area (Å²) in [5.41, 5.74) is -0.583. The van der Waals surface area contributed by atoms with Gasteiger partial charge in [0.05, 0.1) is 11.6 Å². The van der Waals surface area contributed by atoms with Crippen LogP contribution in [-0.2, 0) is 4.79 Å². The summed E-state index contributed by atoms with van der Waals surface area (Å²) in [4.78, 5) is 22.7. The minimum absolute atomic E-state index is 0.130. The van der Waals surface area contributed by atoms with Gasteiger partial charge < -0.3 is 10.4 Å². The Labute approximate surface area is 113 Å². The molecule has 2 atom stereocenters. The van der Waals surface area contributed by atoms with Gasteiger partial charge >= 0.3 is 5.97 Å². The van der Waals surface area contributed by atoms with Gasteiger partial charge in [0.15, 0.2) is 11.6 Å². The number of halogens is 2. The molecular formula is C13H12F2N2O3. The minimum atomic E-state index is -1.35. The van der Waals surface area contributed by atoms with Crippen LogP contribution in [0, 0.1) is 28.9 Å². The largest absolute Gasteiger partial charge is 0.480 e. The highest BCUT2D eigenvalue weighted by Gasteiger charge is 2.24. The van der Waals surface area contributed by atoms with Crippen molar-refractivity contribution >= 4 is 11.9 Å². The molecule has 7 heteroatoms. The van der Waals surface area contributed by atoms with Crippen LogP contribution >= 0.6 is 0 Å². The zero-order valence-electron chi connectivity index (χ0n) is 10.6. The Hall–Kier alpha value is -2.49. The van der Waals surface area contributed by atoms with E-state index >= 15 is 0 Å². The van der Waals surface area contributed by atoms with Crippen molar-refractivity contribution in [3.05, 3.63) is 35.4 Å². The lowest BCUT2D eigenvalue weighted by atomic mass is 10.0. The number of rotatable bonds is 5. The molecule has 0 aliphatic carbocycles. The SMILES string of the molecule is C[C@H](C#N)C[C@@H](NC(=O)c1cccc(F)c1F)C(=O)O. The number of carbonyl (C=O) groups is 2. The molecule has 1 amide bonds. The molecule has 5 nitrogen and oxygen atoms in total. The van der Waals surface area contributed by atoms with E-state index in [1.807, 2.05) is 6.07 Å². The summed E-state index contributed by atoms with van der Waals surface area (Å²) < 4.78 is 26.4. The van der Waals surface area contributed by atoms with E-state index in [2.05, 4.69) is 5.32 Å². The average Bonchev–Trinajstić information content (AvgIpc) is 2.40. The summed E-state index contributed by atoms with van der Waals surface area (Å²) in [6.07, 6.45) is -0.130. The summed E-state index contributed by atoms with van der Waals surface area (Å²) in [5, 5.41) is 19.6. The van der Waals surface area contributed by atoms with Gasteiger partial charge in [-0.05, 0) is 25.5 Å². The van der Waals surface area contributed by atoms with E-state index in [-0.39, 0.29) is 6.42 Å². The van der Waals surface area contributed by atoms with Gasteiger partial charge in [0.1, 0.15) is 6.04 Å². The van der Waals surface area contributed by atoms with Crippen LogP contribution < -0.4 is 5.32 Å². The number of nitrogens with zero attached hydrogens (tertiary/aromatic N) is 1. The molecule has 0 aliphatic rings. The monoisotopic (exact) mass is 282 g/mol. The van der Waals surface area contributed by atoms with E-state index in [1.54, 1.807) is 0 Å². The van der Waals surface area contributed by atoms with Crippen molar-refractivity contribution in [3.63, 3.8) is 0 Å². The molecule has 0 aliphatic heterocycles. The van der Waals surface area contributed by atoms with Crippen molar-refractivity contribution in [1.82, 2.24) is 5.32 Å². The molecule has 1 rings (SSSR count). The molecule has 2 N–H and O–H groups in total. The van der Waals surface area contributed by atoms with E-state index in [1.165, 1.54) is 6.92 Å². The summed E-state index contributed by atoms with van der Waals surface area (Å²) in [5.74, 6) is -5.54. The highest BCUT2D eigenvalue weighted by atomic mass is 19.2. The molecule has 0 spiro atoms. The summed E-state index contributed by atoms with van der Waals surface area (Å²) in [6, 6.07) is 3.52. The molecule has 0 saturated carbocycles. The van der Waals surface area contributed by atoms with Crippen molar-refractivity contribution < 1.29 is 23.5 Å². The van der Waals surface area contributed by atoms with Crippen LogP contribution in [0.5, 0.6) is 0 Å².